The van der Waals surface area contributed by atoms with Gasteiger partial charge in [0.05, 0.1) is 16.0 Å². The summed E-state index contributed by atoms with van der Waals surface area (Å²) in [5.41, 5.74) is 1.81. The summed E-state index contributed by atoms with van der Waals surface area (Å²) in [4.78, 5) is 16.4. The Morgan fingerprint density at radius 2 is 1.95 bits per heavy atom. The lowest BCUT2D eigenvalue weighted by atomic mass is 10.3. The van der Waals surface area contributed by atoms with Gasteiger partial charge in [0.15, 0.2) is 4.34 Å². The molecule has 0 aliphatic heterocycles. The number of thioether (sulfide) groups is 1. The molecule has 1 amide bonds. The van der Waals surface area contributed by atoms with Gasteiger partial charge in [-0.05, 0) is 59.0 Å². The number of carbonyl (C=O) groups excluding carboxylic acids is 1. The van der Waals surface area contributed by atoms with E-state index in [0.29, 0.717) is 5.75 Å². The summed E-state index contributed by atoms with van der Waals surface area (Å²) >= 11 is 5.33. The number of para-hydroxylation sites is 1. The molecule has 0 spiro atoms. The van der Waals surface area contributed by atoms with Gasteiger partial charge < -0.3 is 5.32 Å². The van der Waals surface area contributed by atoms with E-state index in [1.165, 1.54) is 11.8 Å². The number of rotatable bonds is 4. The predicted molar refractivity (Wildman–Crippen MR) is 98.1 cm³/mol. The van der Waals surface area contributed by atoms with Crippen LogP contribution < -0.4 is 5.32 Å². The van der Waals surface area contributed by atoms with Gasteiger partial charge >= 0.3 is 0 Å². The minimum absolute atomic E-state index is 0.0135. The molecule has 3 nitrogen and oxygen atoms in total. The molecule has 1 heterocycles. The number of thiazole rings is 1. The third-order valence-electron chi connectivity index (χ3n) is 2.73. The Morgan fingerprint density at radius 3 is 2.71 bits per heavy atom. The van der Waals surface area contributed by atoms with Crippen LogP contribution in [0.4, 0.5) is 5.69 Å². The van der Waals surface area contributed by atoms with Crippen molar-refractivity contribution in [1.82, 2.24) is 4.98 Å². The number of anilines is 1. The molecule has 3 aromatic rings. The largest absolute Gasteiger partial charge is 0.325 e. The van der Waals surface area contributed by atoms with Gasteiger partial charge in [-0.25, -0.2) is 4.98 Å². The molecular weight excluding hydrogens is 415 g/mol. The SMILES string of the molecule is O=C(CSc1nc2ccccc2s1)Nc1ccc(I)cc1. The normalized spacial score (nSPS) is 10.7. The number of nitrogens with zero attached hydrogens (tertiary/aromatic N) is 1. The van der Waals surface area contributed by atoms with E-state index in [0.717, 1.165) is 23.8 Å². The molecule has 1 aromatic heterocycles. The average molecular weight is 426 g/mol. The number of fused-ring (bicyclic) bond motifs is 1. The van der Waals surface area contributed by atoms with E-state index in [4.69, 9.17) is 0 Å². The Labute approximate surface area is 144 Å². The Morgan fingerprint density at radius 1 is 1.19 bits per heavy atom. The molecule has 1 N–H and O–H groups in total. The van der Waals surface area contributed by atoms with Gasteiger partial charge in [0, 0.05) is 9.26 Å². The molecule has 0 bridgehead atoms. The van der Waals surface area contributed by atoms with Gasteiger partial charge in [0.2, 0.25) is 5.91 Å². The Bertz CT molecular complexity index is 738. The minimum atomic E-state index is -0.0135. The molecule has 0 aliphatic carbocycles. The maximum absolute atomic E-state index is 11.9. The average Bonchev–Trinajstić information content (AvgIpc) is 2.90. The van der Waals surface area contributed by atoms with E-state index >= 15 is 0 Å². The van der Waals surface area contributed by atoms with Crippen LogP contribution in [0.15, 0.2) is 52.9 Å². The third-order valence-corrected chi connectivity index (χ3v) is 5.63. The van der Waals surface area contributed by atoms with Gasteiger partial charge in [-0.3, -0.25) is 4.79 Å². The number of benzene rings is 2. The minimum Gasteiger partial charge on any atom is -0.325 e. The van der Waals surface area contributed by atoms with Crippen LogP contribution in [0.25, 0.3) is 10.2 Å². The lowest BCUT2D eigenvalue weighted by Crippen LogP contribution is -2.13. The second kappa shape index (κ2) is 6.76. The predicted octanol–water partition coefficient (Wildman–Crippen LogP) is 4.63. The highest BCUT2D eigenvalue weighted by atomic mass is 127. The van der Waals surface area contributed by atoms with E-state index in [1.54, 1.807) is 11.3 Å². The van der Waals surface area contributed by atoms with Crippen molar-refractivity contribution < 1.29 is 4.79 Å². The monoisotopic (exact) mass is 426 g/mol. The molecule has 3 rings (SSSR count). The van der Waals surface area contributed by atoms with Crippen molar-refractivity contribution in [3.05, 3.63) is 52.1 Å². The maximum Gasteiger partial charge on any atom is 0.234 e. The number of hydrogen-bond donors (Lipinski definition) is 1. The first-order chi connectivity index (χ1) is 10.2. The van der Waals surface area contributed by atoms with Crippen LogP contribution in [0.5, 0.6) is 0 Å². The zero-order valence-corrected chi connectivity index (χ0v) is 14.7. The van der Waals surface area contributed by atoms with Crippen LogP contribution in [0.3, 0.4) is 0 Å². The fourth-order valence-electron chi connectivity index (χ4n) is 1.77. The lowest BCUT2D eigenvalue weighted by Gasteiger charge is -2.03. The van der Waals surface area contributed by atoms with Crippen LogP contribution in [0.1, 0.15) is 0 Å². The smallest absolute Gasteiger partial charge is 0.234 e. The molecular formula is C15H11IN2OS2. The van der Waals surface area contributed by atoms with Gasteiger partial charge in [0.25, 0.3) is 0 Å². The van der Waals surface area contributed by atoms with Crippen molar-refractivity contribution in [3.63, 3.8) is 0 Å². The summed E-state index contributed by atoms with van der Waals surface area (Å²) in [7, 11) is 0. The molecule has 0 saturated heterocycles. The third kappa shape index (κ3) is 3.96. The van der Waals surface area contributed by atoms with Crippen LogP contribution in [-0.4, -0.2) is 16.6 Å². The van der Waals surface area contributed by atoms with Crippen LogP contribution in [0, 0.1) is 3.57 Å². The molecule has 0 fully saturated rings. The van der Waals surface area contributed by atoms with Crippen LogP contribution in [0.2, 0.25) is 0 Å². The first-order valence-corrected chi connectivity index (χ1v) is 9.12. The van der Waals surface area contributed by atoms with Gasteiger partial charge in [-0.1, -0.05) is 23.9 Å². The zero-order valence-electron chi connectivity index (χ0n) is 10.9. The molecule has 6 heteroatoms. The number of carbonyl (C=O) groups is 1. The molecule has 106 valence electrons. The van der Waals surface area contributed by atoms with Gasteiger partial charge in [0.1, 0.15) is 0 Å². The number of halogens is 1. The highest BCUT2D eigenvalue weighted by molar-refractivity contribution is 14.1. The quantitative estimate of drug-likeness (QED) is 0.489. The molecule has 0 unspecified atom stereocenters. The van der Waals surface area contributed by atoms with Crippen molar-refractivity contribution in [3.8, 4) is 0 Å². The first-order valence-electron chi connectivity index (χ1n) is 6.24. The Hall–Kier alpha value is -1.12. The van der Waals surface area contributed by atoms with E-state index in [1.807, 2.05) is 48.5 Å². The van der Waals surface area contributed by atoms with Crippen LogP contribution >= 0.6 is 45.7 Å². The molecule has 2 aromatic carbocycles. The van der Waals surface area contributed by atoms with Crippen molar-refractivity contribution in [1.29, 1.82) is 0 Å². The Kier molecular flexibility index (Phi) is 4.77. The standard InChI is InChI=1S/C15H11IN2OS2/c16-10-5-7-11(8-6-10)17-14(19)9-20-15-18-12-3-1-2-4-13(12)21-15/h1-8H,9H2,(H,17,19). The summed E-state index contributed by atoms with van der Waals surface area (Å²) in [6.07, 6.45) is 0. The van der Waals surface area contributed by atoms with Crippen molar-refractivity contribution in [2.24, 2.45) is 0 Å². The number of aromatic nitrogens is 1. The summed E-state index contributed by atoms with van der Waals surface area (Å²) in [5.74, 6) is 0.353. The van der Waals surface area contributed by atoms with E-state index in [9.17, 15) is 4.79 Å². The molecule has 21 heavy (non-hydrogen) atoms. The fraction of sp³-hybridized carbons (Fsp3) is 0.0667. The van der Waals surface area contributed by atoms with Crippen molar-refractivity contribution in [2.75, 3.05) is 11.1 Å². The first kappa shape index (κ1) is 14.8. The van der Waals surface area contributed by atoms with Gasteiger partial charge in [-0.15, -0.1) is 11.3 Å². The van der Waals surface area contributed by atoms with Gasteiger partial charge in [-0.2, -0.15) is 0 Å². The number of nitrogens with one attached hydrogen (secondary N) is 1. The summed E-state index contributed by atoms with van der Waals surface area (Å²) < 4.78 is 3.22. The lowest BCUT2D eigenvalue weighted by molar-refractivity contribution is -0.113. The summed E-state index contributed by atoms with van der Waals surface area (Å²) in [6.45, 7) is 0. The van der Waals surface area contributed by atoms with Crippen molar-refractivity contribution in [2.45, 2.75) is 4.34 Å². The Balaban J connectivity index is 1.59. The fourth-order valence-corrected chi connectivity index (χ4v) is 4.00. The summed E-state index contributed by atoms with van der Waals surface area (Å²) in [6, 6.07) is 15.8. The highest BCUT2D eigenvalue weighted by Crippen LogP contribution is 2.29. The second-order valence-electron chi connectivity index (χ2n) is 4.29. The molecule has 0 atom stereocenters. The maximum atomic E-state index is 11.9. The molecule has 0 radical (unpaired) electrons. The summed E-state index contributed by atoms with van der Waals surface area (Å²) in [5, 5.41) is 2.89. The van der Waals surface area contributed by atoms with E-state index in [2.05, 4.69) is 32.9 Å². The molecule has 0 saturated carbocycles. The topological polar surface area (TPSA) is 42.0 Å². The van der Waals surface area contributed by atoms with Crippen molar-refractivity contribution >= 4 is 67.5 Å². The number of amides is 1. The second-order valence-corrected chi connectivity index (χ2v) is 7.79. The number of hydrogen-bond acceptors (Lipinski definition) is 4. The van der Waals surface area contributed by atoms with E-state index in [-0.39, 0.29) is 5.91 Å². The van der Waals surface area contributed by atoms with Crippen LogP contribution in [-0.2, 0) is 4.79 Å². The highest BCUT2D eigenvalue weighted by Gasteiger charge is 2.07. The van der Waals surface area contributed by atoms with E-state index < -0.39 is 0 Å². The zero-order chi connectivity index (χ0) is 14.7. The molecule has 0 aliphatic rings.